The molecule has 1 saturated carbocycles. The molecule has 0 bridgehead atoms. The lowest BCUT2D eigenvalue weighted by Gasteiger charge is -2.33. The number of likely N-dealkylation sites (tertiary alicyclic amines) is 1. The molecule has 0 spiro atoms. The van der Waals surface area contributed by atoms with Crippen LogP contribution in [0.25, 0.3) is 0 Å². The van der Waals surface area contributed by atoms with Gasteiger partial charge in [-0.3, -0.25) is 9.79 Å². The Morgan fingerprint density at radius 3 is 2.48 bits per heavy atom. The van der Waals surface area contributed by atoms with Gasteiger partial charge in [0.1, 0.15) is 0 Å². The van der Waals surface area contributed by atoms with Gasteiger partial charge in [-0.25, -0.2) is 0 Å². The number of hydrogen-bond donors (Lipinski definition) is 1. The Hall–Kier alpha value is -1.26. The smallest absolute Gasteiger partial charge is 0.308 e. The summed E-state index contributed by atoms with van der Waals surface area (Å²) in [5, 5.41) is 3.38. The van der Waals surface area contributed by atoms with Crippen molar-refractivity contribution in [1.82, 2.24) is 10.2 Å². The van der Waals surface area contributed by atoms with Crippen molar-refractivity contribution in [2.24, 2.45) is 22.2 Å². The van der Waals surface area contributed by atoms with E-state index in [1.807, 2.05) is 0 Å². The van der Waals surface area contributed by atoms with Crippen LogP contribution < -0.4 is 5.32 Å². The van der Waals surface area contributed by atoms with Gasteiger partial charge in [0.2, 0.25) is 0 Å². The van der Waals surface area contributed by atoms with Crippen LogP contribution in [-0.2, 0) is 9.53 Å². The van der Waals surface area contributed by atoms with E-state index in [4.69, 9.17) is 9.73 Å². The lowest BCUT2D eigenvalue weighted by atomic mass is 9.97. The third kappa shape index (κ3) is 4.11. The van der Waals surface area contributed by atoms with E-state index in [0.717, 1.165) is 50.9 Å². The first-order valence-corrected chi connectivity index (χ1v) is 8.09. The van der Waals surface area contributed by atoms with E-state index in [1.54, 1.807) is 0 Å². The van der Waals surface area contributed by atoms with Crippen molar-refractivity contribution < 1.29 is 9.53 Å². The lowest BCUT2D eigenvalue weighted by Crippen LogP contribution is -2.46. The molecule has 2 aliphatic rings. The summed E-state index contributed by atoms with van der Waals surface area (Å²) < 4.78 is 4.84. The molecule has 1 unspecified atom stereocenters. The van der Waals surface area contributed by atoms with E-state index in [0.29, 0.717) is 5.41 Å². The van der Waals surface area contributed by atoms with E-state index in [2.05, 4.69) is 31.0 Å². The molecule has 1 aliphatic heterocycles. The Morgan fingerprint density at radius 1 is 1.38 bits per heavy atom. The van der Waals surface area contributed by atoms with Gasteiger partial charge in [0.05, 0.1) is 13.0 Å². The molecule has 2 fully saturated rings. The van der Waals surface area contributed by atoms with Gasteiger partial charge in [-0.05, 0) is 37.5 Å². The SMILES string of the molecule is CCNC(=NCC1CC1(C)C)N1CCC(C(=O)OC)CC1. The number of nitrogens with zero attached hydrogens (tertiary/aromatic N) is 2. The maximum absolute atomic E-state index is 11.6. The van der Waals surface area contributed by atoms with Crippen molar-refractivity contribution in [3.8, 4) is 0 Å². The van der Waals surface area contributed by atoms with E-state index >= 15 is 0 Å². The van der Waals surface area contributed by atoms with Crippen LogP contribution in [0.15, 0.2) is 4.99 Å². The highest BCUT2D eigenvalue weighted by molar-refractivity contribution is 5.80. The average molecular weight is 295 g/mol. The lowest BCUT2D eigenvalue weighted by molar-refractivity contribution is -0.146. The quantitative estimate of drug-likeness (QED) is 0.489. The predicted molar refractivity (Wildman–Crippen MR) is 84.2 cm³/mol. The molecule has 0 amide bonds. The molecule has 1 heterocycles. The van der Waals surface area contributed by atoms with Crippen molar-refractivity contribution in [3.63, 3.8) is 0 Å². The van der Waals surface area contributed by atoms with E-state index in [9.17, 15) is 4.79 Å². The van der Waals surface area contributed by atoms with Gasteiger partial charge in [-0.2, -0.15) is 0 Å². The molecular weight excluding hydrogens is 266 g/mol. The zero-order valence-electron chi connectivity index (χ0n) is 13.8. The van der Waals surface area contributed by atoms with Gasteiger partial charge in [-0.1, -0.05) is 13.8 Å². The minimum atomic E-state index is -0.0729. The third-order valence-electron chi connectivity index (χ3n) is 4.84. The van der Waals surface area contributed by atoms with Gasteiger partial charge < -0.3 is 15.0 Å². The zero-order valence-corrected chi connectivity index (χ0v) is 13.8. The van der Waals surface area contributed by atoms with Gasteiger partial charge in [-0.15, -0.1) is 0 Å². The number of hydrogen-bond acceptors (Lipinski definition) is 3. The average Bonchev–Trinajstić information content (AvgIpc) is 3.10. The monoisotopic (exact) mass is 295 g/mol. The third-order valence-corrected chi connectivity index (χ3v) is 4.84. The Balaban J connectivity index is 1.87. The van der Waals surface area contributed by atoms with E-state index < -0.39 is 0 Å². The Labute approximate surface area is 128 Å². The van der Waals surface area contributed by atoms with Crippen LogP contribution in [0.1, 0.15) is 40.0 Å². The molecule has 5 heteroatoms. The molecule has 0 aromatic carbocycles. The second-order valence-corrected chi connectivity index (χ2v) is 6.87. The normalized spacial score (nSPS) is 25.6. The molecule has 0 radical (unpaired) electrons. The van der Waals surface area contributed by atoms with Crippen molar-refractivity contribution in [2.75, 3.05) is 33.3 Å². The Bertz CT molecular complexity index is 398. The number of nitrogens with one attached hydrogen (secondary N) is 1. The molecule has 21 heavy (non-hydrogen) atoms. The van der Waals surface area contributed by atoms with Crippen molar-refractivity contribution >= 4 is 11.9 Å². The second-order valence-electron chi connectivity index (χ2n) is 6.87. The number of carbonyl (C=O) groups is 1. The van der Waals surface area contributed by atoms with Gasteiger partial charge in [0.15, 0.2) is 5.96 Å². The number of esters is 1. The molecule has 1 N–H and O–H groups in total. The fourth-order valence-corrected chi connectivity index (χ4v) is 3.00. The van der Waals surface area contributed by atoms with Crippen LogP contribution in [0.5, 0.6) is 0 Å². The standard InChI is InChI=1S/C16H29N3O2/c1-5-17-15(18-11-13-10-16(13,2)3)19-8-6-12(7-9-19)14(20)21-4/h12-13H,5-11H2,1-4H3,(H,17,18). The number of aliphatic imine (C=N–C) groups is 1. The maximum atomic E-state index is 11.6. The molecule has 0 aromatic rings. The summed E-state index contributed by atoms with van der Waals surface area (Å²) in [6.07, 6.45) is 2.98. The van der Waals surface area contributed by atoms with Crippen molar-refractivity contribution in [3.05, 3.63) is 0 Å². The first-order valence-electron chi connectivity index (χ1n) is 8.09. The van der Waals surface area contributed by atoms with Crippen LogP contribution in [-0.4, -0.2) is 50.1 Å². The number of guanidine groups is 1. The van der Waals surface area contributed by atoms with Crippen molar-refractivity contribution in [2.45, 2.75) is 40.0 Å². The van der Waals surface area contributed by atoms with Crippen LogP contribution >= 0.6 is 0 Å². The fourth-order valence-electron chi connectivity index (χ4n) is 3.00. The molecular formula is C16H29N3O2. The van der Waals surface area contributed by atoms with Gasteiger partial charge in [0.25, 0.3) is 0 Å². The molecule has 1 saturated heterocycles. The molecule has 1 atom stereocenters. The second kappa shape index (κ2) is 6.67. The summed E-state index contributed by atoms with van der Waals surface area (Å²) in [4.78, 5) is 18.7. The van der Waals surface area contributed by atoms with Crippen LogP contribution in [0.2, 0.25) is 0 Å². The Morgan fingerprint density at radius 2 is 2.00 bits per heavy atom. The summed E-state index contributed by atoms with van der Waals surface area (Å²) in [5.74, 6) is 1.70. The summed E-state index contributed by atoms with van der Waals surface area (Å²) in [5.41, 5.74) is 0.471. The molecule has 1 aliphatic carbocycles. The molecule has 5 nitrogen and oxygen atoms in total. The van der Waals surface area contributed by atoms with Crippen LogP contribution in [0, 0.1) is 17.3 Å². The topological polar surface area (TPSA) is 53.9 Å². The minimum Gasteiger partial charge on any atom is -0.469 e. The number of rotatable bonds is 4. The highest BCUT2D eigenvalue weighted by atomic mass is 16.5. The maximum Gasteiger partial charge on any atom is 0.308 e. The fraction of sp³-hybridized carbons (Fsp3) is 0.875. The number of carbonyl (C=O) groups excluding carboxylic acids is 1. The molecule has 2 rings (SSSR count). The van der Waals surface area contributed by atoms with Crippen LogP contribution in [0.3, 0.4) is 0 Å². The summed E-state index contributed by atoms with van der Waals surface area (Å²) in [6, 6.07) is 0. The predicted octanol–water partition coefficient (Wildman–Crippen LogP) is 1.88. The number of piperidine rings is 1. The highest BCUT2D eigenvalue weighted by Gasteiger charge is 2.45. The van der Waals surface area contributed by atoms with Crippen LogP contribution in [0.4, 0.5) is 0 Å². The summed E-state index contributed by atoms with van der Waals surface area (Å²) >= 11 is 0. The molecule has 120 valence electrons. The van der Waals surface area contributed by atoms with E-state index in [1.165, 1.54) is 13.5 Å². The van der Waals surface area contributed by atoms with Gasteiger partial charge in [0, 0.05) is 26.2 Å². The first-order chi connectivity index (χ1) is 9.97. The minimum absolute atomic E-state index is 0.0523. The zero-order chi connectivity index (χ0) is 15.5. The summed E-state index contributed by atoms with van der Waals surface area (Å²) in [6.45, 7) is 10.2. The molecule has 0 aromatic heterocycles. The van der Waals surface area contributed by atoms with E-state index in [-0.39, 0.29) is 11.9 Å². The van der Waals surface area contributed by atoms with Crippen molar-refractivity contribution in [1.29, 1.82) is 0 Å². The largest absolute Gasteiger partial charge is 0.469 e. The number of methoxy groups -OCH3 is 1. The summed E-state index contributed by atoms with van der Waals surface area (Å²) in [7, 11) is 1.47. The highest BCUT2D eigenvalue weighted by Crippen LogP contribution is 2.51. The first kappa shape index (κ1) is 16.1. The number of ether oxygens (including phenoxy) is 1. The Kier molecular flexibility index (Phi) is 5.12. The van der Waals surface area contributed by atoms with Gasteiger partial charge >= 0.3 is 5.97 Å².